The molecule has 0 fully saturated rings. The minimum absolute atomic E-state index is 0.206. The van der Waals surface area contributed by atoms with Gasteiger partial charge in [-0.3, -0.25) is 10.1 Å². The molecule has 0 saturated heterocycles. The molecule has 0 aliphatic rings. The predicted molar refractivity (Wildman–Crippen MR) is 50.6 cm³/mol. The zero-order valence-corrected chi connectivity index (χ0v) is 8.24. The van der Waals surface area contributed by atoms with Crippen molar-refractivity contribution < 1.29 is 9.26 Å². The molecule has 0 radical (unpaired) electrons. The van der Waals surface area contributed by atoms with E-state index in [9.17, 15) is 14.7 Å². The lowest BCUT2D eigenvalue weighted by atomic mass is 10.2. The van der Waals surface area contributed by atoms with E-state index in [0.717, 1.165) is 0 Å². The van der Waals surface area contributed by atoms with Crippen LogP contribution in [0.25, 0.3) is 0 Å². The lowest BCUT2D eigenvalue weighted by Crippen LogP contribution is -1.93. The van der Waals surface area contributed by atoms with Crippen molar-refractivity contribution in [3.63, 3.8) is 0 Å². The van der Waals surface area contributed by atoms with Crippen molar-refractivity contribution in [2.45, 2.75) is 6.16 Å². The number of benzene rings is 1. The maximum Gasteiger partial charge on any atom is 0.466 e. The van der Waals surface area contributed by atoms with Crippen LogP contribution < -0.4 is 0 Å². The molecule has 0 aliphatic carbocycles. The maximum atomic E-state index is 11.1. The van der Waals surface area contributed by atoms with Gasteiger partial charge in [0.1, 0.15) is 6.16 Å². The van der Waals surface area contributed by atoms with E-state index in [0.29, 0.717) is 5.56 Å². The molecule has 0 heterocycles. The van der Waals surface area contributed by atoms with Crippen LogP contribution >= 0.6 is 17.9 Å². The van der Waals surface area contributed by atoms with Gasteiger partial charge in [-0.25, -0.2) is 4.57 Å². The van der Waals surface area contributed by atoms with Crippen molar-refractivity contribution in [3.05, 3.63) is 46.0 Å². The van der Waals surface area contributed by atoms with Gasteiger partial charge in [0.05, 0.1) is 4.69 Å². The van der Waals surface area contributed by atoms with E-state index in [1.807, 2.05) is 0 Å². The molecule has 1 unspecified atom stereocenters. The first-order valence-electron chi connectivity index (χ1n) is 3.50. The molecule has 1 rings (SSSR count). The minimum atomic E-state index is -3.79. The molecular formula is C7H7ClNO3P. The quantitative estimate of drug-likeness (QED) is 0.446. The summed E-state index contributed by atoms with van der Waals surface area (Å²) in [6.07, 6.45) is -0.206. The second-order valence-electron chi connectivity index (χ2n) is 2.50. The van der Waals surface area contributed by atoms with Crippen molar-refractivity contribution in [1.29, 1.82) is 0 Å². The van der Waals surface area contributed by atoms with Crippen LogP contribution in [0.1, 0.15) is 5.56 Å². The molecule has 0 aliphatic heterocycles. The Morgan fingerprint density at radius 3 is 2.38 bits per heavy atom. The fourth-order valence-electron chi connectivity index (χ4n) is 0.866. The fourth-order valence-corrected chi connectivity index (χ4v) is 2.06. The van der Waals surface area contributed by atoms with E-state index < -0.39 is 11.3 Å². The standard InChI is InChI=1S/C7H7ClNO3P/c8-13(12,9(10)11)6-7-4-2-1-3-5-7/h1-5H,6H2. The van der Waals surface area contributed by atoms with E-state index in [1.54, 1.807) is 30.3 Å². The molecular weight excluding hydrogens is 213 g/mol. The van der Waals surface area contributed by atoms with E-state index in [-0.39, 0.29) is 6.16 Å². The topological polar surface area (TPSA) is 60.2 Å². The van der Waals surface area contributed by atoms with Gasteiger partial charge in [0, 0.05) is 11.2 Å². The van der Waals surface area contributed by atoms with E-state index in [4.69, 9.17) is 11.2 Å². The molecule has 13 heavy (non-hydrogen) atoms. The minimum Gasteiger partial charge on any atom is -0.260 e. The van der Waals surface area contributed by atoms with Crippen LogP contribution in [0, 0.1) is 10.1 Å². The SMILES string of the molecule is O=[N+]([O-])P(=O)(Cl)Cc1ccccc1. The number of hydrogen-bond acceptors (Lipinski definition) is 3. The second-order valence-corrected chi connectivity index (χ2v) is 5.96. The van der Waals surface area contributed by atoms with Crippen LogP contribution in [0.15, 0.2) is 30.3 Å². The first-order chi connectivity index (χ1) is 6.02. The summed E-state index contributed by atoms with van der Waals surface area (Å²) in [5.41, 5.74) is 0.609. The first kappa shape index (κ1) is 10.2. The van der Waals surface area contributed by atoms with Crippen LogP contribution in [0.3, 0.4) is 0 Å². The third-order valence-corrected chi connectivity index (χ3v) is 3.44. The Balaban J connectivity index is 2.82. The predicted octanol–water partition coefficient (Wildman–Crippen LogP) is 2.90. The van der Waals surface area contributed by atoms with Gasteiger partial charge in [-0.2, -0.15) is 0 Å². The highest BCUT2D eigenvalue weighted by Crippen LogP contribution is 2.54. The molecule has 70 valence electrons. The first-order valence-corrected chi connectivity index (χ1v) is 6.25. The van der Waals surface area contributed by atoms with Gasteiger partial charge in [-0.05, 0) is 5.56 Å². The third kappa shape index (κ3) is 2.83. The van der Waals surface area contributed by atoms with Gasteiger partial charge in [-0.15, -0.1) is 0 Å². The summed E-state index contributed by atoms with van der Waals surface area (Å²) in [4.78, 5) is 10.2. The fraction of sp³-hybridized carbons (Fsp3) is 0.143. The molecule has 0 aromatic heterocycles. The molecule has 0 bridgehead atoms. The Morgan fingerprint density at radius 1 is 1.38 bits per heavy atom. The summed E-state index contributed by atoms with van der Waals surface area (Å²) in [7, 11) is 0. The van der Waals surface area contributed by atoms with Gasteiger partial charge < -0.3 is 0 Å². The molecule has 1 atom stereocenters. The summed E-state index contributed by atoms with van der Waals surface area (Å²) >= 11 is 5.26. The summed E-state index contributed by atoms with van der Waals surface area (Å²) in [5, 5.41) is 10.2. The van der Waals surface area contributed by atoms with E-state index >= 15 is 0 Å². The Labute approximate surface area is 79.9 Å². The van der Waals surface area contributed by atoms with Gasteiger partial charge in [0.15, 0.2) is 0 Å². The molecule has 1 aromatic rings. The molecule has 1 aromatic carbocycles. The highest BCUT2D eigenvalue weighted by molar-refractivity contribution is 7.83. The summed E-state index contributed by atoms with van der Waals surface area (Å²) in [5.74, 6) is 0. The zero-order chi connectivity index (χ0) is 9.90. The number of rotatable bonds is 3. The van der Waals surface area contributed by atoms with Gasteiger partial charge >= 0.3 is 6.65 Å². The second kappa shape index (κ2) is 3.90. The van der Waals surface area contributed by atoms with Gasteiger partial charge in [0.25, 0.3) is 0 Å². The Morgan fingerprint density at radius 2 is 1.92 bits per heavy atom. The highest BCUT2D eigenvalue weighted by Gasteiger charge is 2.32. The number of halogens is 1. The van der Waals surface area contributed by atoms with Gasteiger partial charge in [-0.1, -0.05) is 30.3 Å². The van der Waals surface area contributed by atoms with Crippen molar-refractivity contribution in [2.24, 2.45) is 0 Å². The van der Waals surface area contributed by atoms with Crippen molar-refractivity contribution >= 4 is 17.9 Å². The average molecular weight is 220 g/mol. The smallest absolute Gasteiger partial charge is 0.260 e. The maximum absolute atomic E-state index is 11.1. The van der Waals surface area contributed by atoms with Crippen LogP contribution in [0.5, 0.6) is 0 Å². The number of hydrogen-bond donors (Lipinski definition) is 0. The lowest BCUT2D eigenvalue weighted by Gasteiger charge is -2.00. The van der Waals surface area contributed by atoms with Crippen LogP contribution in [0.2, 0.25) is 0 Å². The Hall–Kier alpha value is -0.860. The van der Waals surface area contributed by atoms with Crippen LogP contribution in [0.4, 0.5) is 0 Å². The van der Waals surface area contributed by atoms with E-state index in [2.05, 4.69) is 0 Å². The largest absolute Gasteiger partial charge is 0.466 e. The van der Waals surface area contributed by atoms with Crippen molar-refractivity contribution in [2.75, 3.05) is 0 Å². The highest BCUT2D eigenvalue weighted by atomic mass is 35.7. The van der Waals surface area contributed by atoms with Crippen LogP contribution in [-0.2, 0) is 10.7 Å². The zero-order valence-electron chi connectivity index (χ0n) is 6.59. The normalized spacial score (nSPS) is 14.8. The molecule has 0 saturated carbocycles. The average Bonchev–Trinajstić information content (AvgIpc) is 2.05. The lowest BCUT2D eigenvalue weighted by molar-refractivity contribution is -0.309. The van der Waals surface area contributed by atoms with Crippen molar-refractivity contribution in [3.8, 4) is 0 Å². The molecule has 6 heteroatoms. The summed E-state index contributed by atoms with van der Waals surface area (Å²) < 4.78 is 10.2. The monoisotopic (exact) mass is 219 g/mol. The van der Waals surface area contributed by atoms with Crippen LogP contribution in [-0.4, -0.2) is 4.69 Å². The van der Waals surface area contributed by atoms with Gasteiger partial charge in [0.2, 0.25) is 0 Å². The summed E-state index contributed by atoms with van der Waals surface area (Å²) in [6, 6.07) is 8.50. The van der Waals surface area contributed by atoms with E-state index in [1.165, 1.54) is 0 Å². The molecule has 0 spiro atoms. The Kier molecular flexibility index (Phi) is 3.07. The van der Waals surface area contributed by atoms with Crippen molar-refractivity contribution in [1.82, 2.24) is 0 Å². The molecule has 4 nitrogen and oxygen atoms in total. The Bertz CT molecular complexity index is 354. The number of nitro groups is 1. The number of nitrogens with zero attached hydrogens (tertiary/aromatic N) is 1. The third-order valence-electron chi connectivity index (χ3n) is 1.46. The summed E-state index contributed by atoms with van der Waals surface area (Å²) in [6.45, 7) is -3.79. The molecule has 0 N–H and O–H groups in total. The molecule has 0 amide bonds.